The summed E-state index contributed by atoms with van der Waals surface area (Å²) >= 11 is 0. The van der Waals surface area contributed by atoms with Gasteiger partial charge in [-0.05, 0) is 68.0 Å². The first-order valence-electron chi connectivity index (χ1n) is 13.6. The lowest BCUT2D eigenvalue weighted by atomic mass is 10.0. The van der Waals surface area contributed by atoms with Gasteiger partial charge in [0, 0.05) is 50.5 Å². The molecule has 3 aliphatic heterocycles. The summed E-state index contributed by atoms with van der Waals surface area (Å²) < 4.78 is 5.33. The minimum absolute atomic E-state index is 0.212. The molecule has 37 heavy (non-hydrogen) atoms. The lowest BCUT2D eigenvalue weighted by molar-refractivity contribution is -0.133. The Morgan fingerprint density at radius 1 is 1.11 bits per heavy atom. The summed E-state index contributed by atoms with van der Waals surface area (Å²) in [7, 11) is 1.69. The van der Waals surface area contributed by atoms with E-state index in [0.29, 0.717) is 12.5 Å². The molecule has 0 aromatic heterocycles. The van der Waals surface area contributed by atoms with Crippen molar-refractivity contribution in [2.45, 2.75) is 53.0 Å². The molecule has 3 aliphatic rings. The highest BCUT2D eigenvalue weighted by atomic mass is 16.5. The third kappa shape index (κ3) is 6.73. The van der Waals surface area contributed by atoms with E-state index in [4.69, 9.17) is 4.74 Å². The summed E-state index contributed by atoms with van der Waals surface area (Å²) in [5, 5.41) is 0. The van der Waals surface area contributed by atoms with E-state index in [2.05, 4.69) is 72.8 Å². The topological polar surface area (TPSA) is 48.4 Å². The number of hydrogen-bond acceptors (Lipinski definition) is 5. The van der Waals surface area contributed by atoms with E-state index in [-0.39, 0.29) is 11.9 Å². The molecule has 6 heteroatoms. The van der Waals surface area contributed by atoms with Gasteiger partial charge in [-0.15, -0.1) is 0 Å². The van der Waals surface area contributed by atoms with Gasteiger partial charge < -0.3 is 19.4 Å². The number of nitrogens with zero attached hydrogens (tertiary/aromatic N) is 4. The van der Waals surface area contributed by atoms with E-state index in [1.807, 2.05) is 29.3 Å². The number of amides is 1. The summed E-state index contributed by atoms with van der Waals surface area (Å²) in [6, 6.07) is 8.48. The zero-order chi connectivity index (χ0) is 26.4. The van der Waals surface area contributed by atoms with Crippen molar-refractivity contribution >= 4 is 17.3 Å². The predicted molar refractivity (Wildman–Crippen MR) is 152 cm³/mol. The number of hydrogen-bond donors (Lipinski definition) is 0. The molecule has 0 bridgehead atoms. The molecular weight excluding hydrogens is 460 g/mol. The number of carbonyl (C=O) groups is 1. The average molecular weight is 503 g/mol. The summed E-state index contributed by atoms with van der Waals surface area (Å²) in [6.07, 6.45) is 13.5. The third-order valence-corrected chi connectivity index (χ3v) is 7.60. The average Bonchev–Trinajstić information content (AvgIpc) is 3.06. The molecule has 1 amide bonds. The van der Waals surface area contributed by atoms with E-state index in [9.17, 15) is 4.79 Å². The number of amidine groups is 1. The molecule has 1 atom stereocenters. The van der Waals surface area contributed by atoms with Gasteiger partial charge in [0.1, 0.15) is 11.6 Å². The first-order chi connectivity index (χ1) is 17.9. The highest BCUT2D eigenvalue weighted by molar-refractivity contribution is 5.84. The summed E-state index contributed by atoms with van der Waals surface area (Å²) in [6.45, 7) is 12.4. The fourth-order valence-corrected chi connectivity index (χ4v) is 5.20. The standard InChI is InChI=1S/C31H42N4O2/c1-23(2)29-21-27(26-11-13-28(37-5)14-12-26)10-9-25(4)35(29)22-31(36)34-19-17-33(18-20-34)30-15-8-24(3)7-6-16-32-30/h6-7,10-14,16,21,23,25H,8-9,15,17-20,22H2,1-5H3. The molecule has 1 fully saturated rings. The second-order valence-electron chi connectivity index (χ2n) is 10.6. The molecule has 1 aromatic rings. The second kappa shape index (κ2) is 12.3. The Hall–Kier alpha value is -3.28. The van der Waals surface area contributed by atoms with Crippen LogP contribution in [-0.2, 0) is 4.79 Å². The van der Waals surface area contributed by atoms with Crippen molar-refractivity contribution in [2.24, 2.45) is 10.9 Å². The Labute approximate surface area is 222 Å². The van der Waals surface area contributed by atoms with Crippen molar-refractivity contribution in [1.82, 2.24) is 14.7 Å². The molecular formula is C31H42N4O2. The molecule has 1 saturated heterocycles. The maximum absolute atomic E-state index is 13.5. The number of benzene rings is 1. The normalized spacial score (nSPS) is 20.9. The number of carbonyl (C=O) groups excluding carboxylic acids is 1. The van der Waals surface area contributed by atoms with Crippen LogP contribution < -0.4 is 4.74 Å². The van der Waals surface area contributed by atoms with Crippen LogP contribution >= 0.6 is 0 Å². The van der Waals surface area contributed by atoms with Crippen LogP contribution in [-0.4, -0.2) is 72.3 Å². The molecule has 0 saturated carbocycles. The Morgan fingerprint density at radius 2 is 1.84 bits per heavy atom. The van der Waals surface area contributed by atoms with Crippen LogP contribution in [0.2, 0.25) is 0 Å². The molecule has 0 spiro atoms. The maximum Gasteiger partial charge on any atom is 0.242 e. The van der Waals surface area contributed by atoms with Gasteiger partial charge in [0.2, 0.25) is 5.91 Å². The number of aliphatic imine (C=N–C) groups is 1. The minimum atomic E-state index is 0.212. The molecule has 0 N–H and O–H groups in total. The highest BCUT2D eigenvalue weighted by Crippen LogP contribution is 2.30. The summed E-state index contributed by atoms with van der Waals surface area (Å²) in [5.41, 5.74) is 4.98. The maximum atomic E-state index is 13.5. The molecule has 1 unspecified atom stereocenters. The highest BCUT2D eigenvalue weighted by Gasteiger charge is 2.28. The van der Waals surface area contributed by atoms with Gasteiger partial charge in [-0.3, -0.25) is 4.79 Å². The van der Waals surface area contributed by atoms with E-state index in [0.717, 1.165) is 57.0 Å². The van der Waals surface area contributed by atoms with Crippen LogP contribution in [0.15, 0.2) is 71.0 Å². The van der Waals surface area contributed by atoms with Gasteiger partial charge in [0.05, 0.1) is 13.7 Å². The van der Waals surface area contributed by atoms with Crippen LogP contribution in [0.25, 0.3) is 5.57 Å². The minimum Gasteiger partial charge on any atom is -0.497 e. The fourth-order valence-electron chi connectivity index (χ4n) is 5.20. The number of piperazine rings is 1. The Balaban J connectivity index is 1.42. The Kier molecular flexibility index (Phi) is 8.91. The van der Waals surface area contributed by atoms with Gasteiger partial charge >= 0.3 is 0 Å². The predicted octanol–water partition coefficient (Wildman–Crippen LogP) is 5.51. The van der Waals surface area contributed by atoms with Crippen LogP contribution in [0.3, 0.4) is 0 Å². The van der Waals surface area contributed by atoms with Crippen LogP contribution in [0, 0.1) is 5.92 Å². The van der Waals surface area contributed by atoms with Crippen molar-refractivity contribution in [2.75, 3.05) is 39.8 Å². The van der Waals surface area contributed by atoms with Crippen molar-refractivity contribution < 1.29 is 9.53 Å². The number of ether oxygens (including phenoxy) is 1. The fraction of sp³-hybridized carbons (Fsp3) is 0.484. The van der Waals surface area contributed by atoms with Crippen molar-refractivity contribution in [3.8, 4) is 5.75 Å². The zero-order valence-electron chi connectivity index (χ0n) is 23.1. The first-order valence-corrected chi connectivity index (χ1v) is 13.6. The zero-order valence-corrected chi connectivity index (χ0v) is 23.1. The number of methoxy groups -OCH3 is 1. The Bertz CT molecular complexity index is 1100. The van der Waals surface area contributed by atoms with Gasteiger partial charge in [0.15, 0.2) is 0 Å². The van der Waals surface area contributed by atoms with Crippen LogP contribution in [0.1, 0.15) is 52.5 Å². The molecule has 0 radical (unpaired) electrons. The lowest BCUT2D eigenvalue weighted by Gasteiger charge is -2.39. The van der Waals surface area contributed by atoms with Gasteiger partial charge in [-0.1, -0.05) is 43.7 Å². The van der Waals surface area contributed by atoms with Crippen molar-refractivity contribution in [3.05, 3.63) is 71.6 Å². The van der Waals surface area contributed by atoms with Crippen molar-refractivity contribution in [3.63, 3.8) is 0 Å². The van der Waals surface area contributed by atoms with E-state index in [1.165, 1.54) is 22.4 Å². The molecule has 6 nitrogen and oxygen atoms in total. The summed E-state index contributed by atoms with van der Waals surface area (Å²) in [5.74, 6) is 2.52. The Morgan fingerprint density at radius 3 is 2.51 bits per heavy atom. The largest absolute Gasteiger partial charge is 0.497 e. The van der Waals surface area contributed by atoms with Crippen molar-refractivity contribution in [1.29, 1.82) is 0 Å². The van der Waals surface area contributed by atoms with E-state index in [1.54, 1.807) is 7.11 Å². The monoisotopic (exact) mass is 502 g/mol. The number of allylic oxidation sites excluding steroid dienone is 6. The van der Waals surface area contributed by atoms with E-state index >= 15 is 0 Å². The second-order valence-corrected chi connectivity index (χ2v) is 10.6. The van der Waals surface area contributed by atoms with E-state index < -0.39 is 0 Å². The number of rotatable bonds is 5. The molecule has 4 rings (SSSR count). The first kappa shape index (κ1) is 26.8. The molecule has 3 heterocycles. The van der Waals surface area contributed by atoms with Gasteiger partial charge in [-0.25, -0.2) is 4.99 Å². The molecule has 0 aliphatic carbocycles. The summed E-state index contributed by atoms with van der Waals surface area (Å²) in [4.78, 5) is 24.9. The SMILES string of the molecule is COc1ccc(C2=CCC(C)N(CC(=O)N3CCN(C4=NC=CC=C(C)CC4)CC3)C(C(C)C)=C2)cc1. The smallest absolute Gasteiger partial charge is 0.242 e. The van der Waals surface area contributed by atoms with Gasteiger partial charge in [-0.2, -0.15) is 0 Å². The van der Waals surface area contributed by atoms with Crippen LogP contribution in [0.4, 0.5) is 0 Å². The van der Waals surface area contributed by atoms with Gasteiger partial charge in [0.25, 0.3) is 0 Å². The quantitative estimate of drug-likeness (QED) is 0.533. The molecule has 198 valence electrons. The molecule has 1 aromatic carbocycles. The van der Waals surface area contributed by atoms with Crippen LogP contribution in [0.5, 0.6) is 5.75 Å². The lowest BCUT2D eigenvalue weighted by Crippen LogP contribution is -2.53. The third-order valence-electron chi connectivity index (χ3n) is 7.60.